The van der Waals surface area contributed by atoms with E-state index in [2.05, 4.69) is 182 Å². The minimum absolute atomic E-state index is 0.0840. The maximum Gasteiger partial charge on any atom is 0.131 e. The molecular formula is C54H49N3. The number of fused-ring (bicyclic) bond motifs is 8. The van der Waals surface area contributed by atoms with Crippen molar-refractivity contribution in [2.24, 2.45) is 10.9 Å². The van der Waals surface area contributed by atoms with Gasteiger partial charge in [0.1, 0.15) is 18.2 Å². The Kier molecular flexibility index (Phi) is 8.12. The van der Waals surface area contributed by atoms with E-state index in [0.29, 0.717) is 11.8 Å². The van der Waals surface area contributed by atoms with Gasteiger partial charge in [0.2, 0.25) is 0 Å². The summed E-state index contributed by atoms with van der Waals surface area (Å²) in [5.41, 5.74) is 18.0. The molecule has 3 nitrogen and oxygen atoms in total. The number of rotatable bonds is 5. The highest BCUT2D eigenvalue weighted by Gasteiger charge is 2.53. The number of hydrogen-bond acceptors (Lipinski definition) is 3. The normalized spacial score (nSPS) is 23.6. The van der Waals surface area contributed by atoms with Crippen molar-refractivity contribution < 1.29 is 0 Å². The predicted molar refractivity (Wildman–Crippen MR) is 235 cm³/mol. The molecule has 0 bridgehead atoms. The van der Waals surface area contributed by atoms with Crippen LogP contribution in [-0.2, 0) is 10.8 Å². The molecule has 6 aromatic carbocycles. The van der Waals surface area contributed by atoms with E-state index in [1.807, 2.05) is 6.07 Å². The Hall–Kier alpha value is -5.77. The molecule has 2 N–H and O–H groups in total. The summed E-state index contributed by atoms with van der Waals surface area (Å²) >= 11 is 0. The predicted octanol–water partition coefficient (Wildman–Crippen LogP) is 12.6. The van der Waals surface area contributed by atoms with E-state index in [0.717, 1.165) is 17.0 Å². The highest BCUT2D eigenvalue weighted by molar-refractivity contribution is 6.00. The molecule has 5 aliphatic rings. The molecule has 280 valence electrons. The van der Waals surface area contributed by atoms with Gasteiger partial charge in [0.15, 0.2) is 0 Å². The summed E-state index contributed by atoms with van der Waals surface area (Å²) in [4.78, 5) is 5.08. The highest BCUT2D eigenvalue weighted by atomic mass is 15.3. The van der Waals surface area contributed by atoms with Gasteiger partial charge in [-0.1, -0.05) is 197 Å². The van der Waals surface area contributed by atoms with Crippen LogP contribution in [-0.4, -0.2) is 5.84 Å². The molecule has 0 radical (unpaired) electrons. The summed E-state index contributed by atoms with van der Waals surface area (Å²) in [6, 6.07) is 55.7. The van der Waals surface area contributed by atoms with E-state index in [-0.39, 0.29) is 23.2 Å². The Morgan fingerprint density at radius 2 is 1.21 bits per heavy atom. The van der Waals surface area contributed by atoms with Gasteiger partial charge in [-0.25, -0.2) is 4.99 Å². The van der Waals surface area contributed by atoms with Gasteiger partial charge < -0.3 is 5.32 Å². The molecule has 4 aliphatic carbocycles. The smallest absolute Gasteiger partial charge is 0.131 e. The lowest BCUT2D eigenvalue weighted by Crippen LogP contribution is -2.44. The fraction of sp³-hybridized carbons (Fsp3) is 0.241. The first kappa shape index (κ1) is 34.5. The zero-order valence-electron chi connectivity index (χ0n) is 32.9. The van der Waals surface area contributed by atoms with Crippen molar-refractivity contribution in [1.82, 2.24) is 10.6 Å². The van der Waals surface area contributed by atoms with Crippen molar-refractivity contribution in [3.05, 3.63) is 208 Å². The quantitative estimate of drug-likeness (QED) is 0.185. The number of amidine groups is 1. The molecule has 0 amide bonds. The lowest BCUT2D eigenvalue weighted by molar-refractivity contribution is 0.345. The van der Waals surface area contributed by atoms with Crippen molar-refractivity contribution in [2.75, 3.05) is 0 Å². The van der Waals surface area contributed by atoms with E-state index >= 15 is 0 Å². The number of nitrogens with zero attached hydrogens (tertiary/aromatic N) is 1. The summed E-state index contributed by atoms with van der Waals surface area (Å²) in [6.07, 6.45) is 11.7. The van der Waals surface area contributed by atoms with Gasteiger partial charge in [-0.05, 0) is 91.0 Å². The Balaban J connectivity index is 0.912. The SMILES string of the molecule is CC1(C)c2ccccc2C2C=C3C(=CC21)c1c(-c2ccc(-c4ccc(C5NC(c6ccccc6)=NC(c6ccccc6)N5)cc4)cc2)cccc1C31CCCCC1. The van der Waals surface area contributed by atoms with Crippen LogP contribution in [0.25, 0.3) is 27.8 Å². The van der Waals surface area contributed by atoms with Gasteiger partial charge >= 0.3 is 0 Å². The molecule has 11 rings (SSSR count). The van der Waals surface area contributed by atoms with Crippen molar-refractivity contribution >= 4 is 11.4 Å². The maximum absolute atomic E-state index is 5.08. The molecule has 0 aromatic heterocycles. The summed E-state index contributed by atoms with van der Waals surface area (Å²) in [7, 11) is 0. The van der Waals surface area contributed by atoms with Gasteiger partial charge in [0.25, 0.3) is 0 Å². The van der Waals surface area contributed by atoms with E-state index in [1.165, 1.54) is 82.2 Å². The van der Waals surface area contributed by atoms with E-state index < -0.39 is 0 Å². The van der Waals surface area contributed by atoms with Crippen molar-refractivity contribution in [3.63, 3.8) is 0 Å². The molecule has 0 saturated heterocycles. The number of aliphatic imine (C=N–C) groups is 1. The Labute approximate surface area is 337 Å². The fourth-order valence-electron chi connectivity index (χ4n) is 11.2. The van der Waals surface area contributed by atoms with Crippen LogP contribution in [0.3, 0.4) is 0 Å². The zero-order valence-corrected chi connectivity index (χ0v) is 32.9. The Morgan fingerprint density at radius 3 is 1.96 bits per heavy atom. The van der Waals surface area contributed by atoms with Crippen molar-refractivity contribution in [2.45, 2.75) is 75.0 Å². The first-order valence-electron chi connectivity index (χ1n) is 21.1. The van der Waals surface area contributed by atoms with Crippen LogP contribution in [0, 0.1) is 5.92 Å². The molecule has 1 aliphatic heterocycles. The van der Waals surface area contributed by atoms with E-state index in [4.69, 9.17) is 4.99 Å². The number of benzene rings is 6. The lowest BCUT2D eigenvalue weighted by Gasteiger charge is -2.39. The summed E-state index contributed by atoms with van der Waals surface area (Å²) in [5, 5.41) is 7.43. The maximum atomic E-state index is 5.08. The molecule has 1 saturated carbocycles. The van der Waals surface area contributed by atoms with E-state index in [9.17, 15) is 0 Å². The third-order valence-electron chi connectivity index (χ3n) is 14.1. The van der Waals surface area contributed by atoms with Gasteiger partial charge in [-0.3, -0.25) is 5.32 Å². The molecule has 4 unspecified atom stereocenters. The summed E-state index contributed by atoms with van der Waals surface area (Å²) < 4.78 is 0. The number of nitrogens with one attached hydrogen (secondary N) is 2. The molecule has 6 aromatic rings. The first-order chi connectivity index (χ1) is 28.0. The van der Waals surface area contributed by atoms with Crippen LogP contribution in [0.5, 0.6) is 0 Å². The van der Waals surface area contributed by atoms with Crippen LogP contribution in [0.1, 0.15) is 103 Å². The average Bonchev–Trinajstić information content (AvgIpc) is 3.67. The van der Waals surface area contributed by atoms with Crippen LogP contribution < -0.4 is 10.6 Å². The van der Waals surface area contributed by atoms with Crippen LogP contribution in [0.2, 0.25) is 0 Å². The van der Waals surface area contributed by atoms with Gasteiger partial charge in [0, 0.05) is 16.9 Å². The zero-order chi connectivity index (χ0) is 38.1. The first-order valence-corrected chi connectivity index (χ1v) is 21.1. The molecule has 4 atom stereocenters. The minimum atomic E-state index is -0.148. The topological polar surface area (TPSA) is 36.4 Å². The number of allylic oxidation sites excluding steroid dienone is 4. The third kappa shape index (κ3) is 5.54. The summed E-state index contributed by atoms with van der Waals surface area (Å²) in [6.45, 7) is 4.94. The average molecular weight is 740 g/mol. The standard InChI is InChI=1S/C54H49N3/c1-53(2)45-21-11-10-19-42(45)43-33-48-44(34-47(43)53)49-41(20-14-22-46(49)54(48)31-12-5-13-32-54)37-27-23-35(24-28-37)36-25-29-40(30-26-36)52-56-50(38-15-6-3-7-16-38)55-51(57-52)39-17-8-4-9-18-39/h3-4,6-11,14-30,33-34,43,47,50,52,56H,5,12-13,31-32H2,1-2H3,(H,55,57). The summed E-state index contributed by atoms with van der Waals surface area (Å²) in [5.74, 6) is 1.81. The van der Waals surface area contributed by atoms with Crippen LogP contribution >= 0.6 is 0 Å². The minimum Gasteiger partial charge on any atom is -0.350 e. The second-order valence-electron chi connectivity index (χ2n) is 17.5. The Bertz CT molecular complexity index is 2570. The van der Waals surface area contributed by atoms with Crippen LogP contribution in [0.15, 0.2) is 174 Å². The second-order valence-corrected chi connectivity index (χ2v) is 17.5. The number of hydrogen-bond donors (Lipinski definition) is 2. The van der Waals surface area contributed by atoms with Crippen LogP contribution in [0.4, 0.5) is 0 Å². The monoisotopic (exact) mass is 739 g/mol. The largest absolute Gasteiger partial charge is 0.350 e. The van der Waals surface area contributed by atoms with E-state index in [1.54, 1.807) is 11.1 Å². The van der Waals surface area contributed by atoms with Crippen molar-refractivity contribution in [3.8, 4) is 22.3 Å². The van der Waals surface area contributed by atoms with Gasteiger partial charge in [-0.15, -0.1) is 0 Å². The molecular weight excluding hydrogens is 691 g/mol. The fourth-order valence-corrected chi connectivity index (χ4v) is 11.2. The molecule has 57 heavy (non-hydrogen) atoms. The van der Waals surface area contributed by atoms with Gasteiger partial charge in [0.05, 0.1) is 0 Å². The molecule has 1 heterocycles. The third-order valence-corrected chi connectivity index (χ3v) is 14.1. The molecule has 1 fully saturated rings. The van der Waals surface area contributed by atoms with Gasteiger partial charge in [-0.2, -0.15) is 0 Å². The molecule has 3 heteroatoms. The lowest BCUT2D eigenvalue weighted by atomic mass is 9.64. The highest BCUT2D eigenvalue weighted by Crippen LogP contribution is 2.64. The van der Waals surface area contributed by atoms with Crippen molar-refractivity contribution in [1.29, 1.82) is 0 Å². The second kappa shape index (κ2) is 13.4. The molecule has 1 spiro atoms. The Morgan fingerprint density at radius 1 is 0.561 bits per heavy atom.